The number of aliphatic hydroxyl groups is 2. The van der Waals surface area contributed by atoms with E-state index in [0.29, 0.717) is 35.6 Å². The van der Waals surface area contributed by atoms with Crippen molar-refractivity contribution in [1.82, 2.24) is 43.5 Å². The van der Waals surface area contributed by atoms with E-state index in [1.165, 1.54) is 20.0 Å². The van der Waals surface area contributed by atoms with Crippen molar-refractivity contribution in [2.75, 3.05) is 17.6 Å². The maximum Gasteiger partial charge on any atom is 0.332 e. The number of fused-ring (bicyclic) bond motifs is 2. The number of rotatable bonds is 10. The van der Waals surface area contributed by atoms with Crippen LogP contribution in [0.3, 0.4) is 0 Å². The molecule has 2 amide bonds. The number of imidazole rings is 2. The standard InChI is InChI=1S/C32H37N11O7/c1-5-34-28(47)24-22(45)23(46)30(50-24)43-15-35-20-25(33)38-31(39-26(20)43)37-19(44)14-17-10-8-16(9-11-17)12-13-18-36-27-21(40(18)4)29(48)42(7-3)32(49)41(27)6-2/h8-13,15,22-24,30,45-46H,5-7,14H2,1-4H3,(H,34,47)(H3,33,37,38,39,44)/b13-12+/t22-,23+,24-,30+/m0/s1. The molecule has 0 spiro atoms. The summed E-state index contributed by atoms with van der Waals surface area (Å²) in [5.74, 6) is -0.659. The van der Waals surface area contributed by atoms with E-state index < -0.39 is 42.0 Å². The van der Waals surface area contributed by atoms with Crippen molar-refractivity contribution >= 4 is 58.1 Å². The molecule has 1 aliphatic rings. The number of anilines is 2. The van der Waals surface area contributed by atoms with E-state index in [2.05, 4.69) is 30.6 Å². The molecule has 6 N–H and O–H groups in total. The van der Waals surface area contributed by atoms with Crippen LogP contribution in [0.15, 0.2) is 40.2 Å². The Bertz CT molecular complexity index is 2250. The van der Waals surface area contributed by atoms with E-state index in [4.69, 9.17) is 10.5 Å². The Labute approximate surface area is 283 Å². The molecule has 6 rings (SSSR count). The molecule has 18 heteroatoms. The molecule has 1 aliphatic heterocycles. The lowest BCUT2D eigenvalue weighted by atomic mass is 10.1. The van der Waals surface area contributed by atoms with Gasteiger partial charge < -0.3 is 30.6 Å². The van der Waals surface area contributed by atoms with Crippen molar-refractivity contribution < 1.29 is 24.5 Å². The summed E-state index contributed by atoms with van der Waals surface area (Å²) in [7, 11) is 1.73. The quantitative estimate of drug-likeness (QED) is 0.128. The molecule has 0 saturated carbocycles. The minimum atomic E-state index is -1.50. The molecule has 50 heavy (non-hydrogen) atoms. The van der Waals surface area contributed by atoms with Gasteiger partial charge in [0.15, 0.2) is 35.0 Å². The van der Waals surface area contributed by atoms with Gasteiger partial charge in [-0.15, -0.1) is 0 Å². The number of nitrogens with two attached hydrogens (primary N) is 1. The number of aryl methyl sites for hydroxylation is 2. The molecule has 0 unspecified atom stereocenters. The third-order valence-electron chi connectivity index (χ3n) is 8.50. The normalized spacial score (nSPS) is 19.2. The summed E-state index contributed by atoms with van der Waals surface area (Å²) >= 11 is 0. The first kappa shape index (κ1) is 34.2. The molecule has 0 aliphatic carbocycles. The van der Waals surface area contributed by atoms with Gasteiger partial charge in [-0.1, -0.05) is 30.3 Å². The Kier molecular flexibility index (Phi) is 9.33. The number of nitrogens with zero attached hydrogens (tertiary/aromatic N) is 8. The van der Waals surface area contributed by atoms with Crippen molar-refractivity contribution in [3.8, 4) is 0 Å². The van der Waals surface area contributed by atoms with Crippen LogP contribution in [0.25, 0.3) is 34.5 Å². The van der Waals surface area contributed by atoms with E-state index in [-0.39, 0.29) is 41.5 Å². The summed E-state index contributed by atoms with van der Waals surface area (Å²) in [6, 6.07) is 7.21. The lowest BCUT2D eigenvalue weighted by Gasteiger charge is -2.16. The molecular weight excluding hydrogens is 650 g/mol. The molecule has 4 aromatic heterocycles. The minimum Gasteiger partial charge on any atom is -0.387 e. The molecule has 1 aromatic carbocycles. The number of carbonyl (C=O) groups is 2. The Balaban J connectivity index is 1.16. The number of hydrogen-bond acceptors (Lipinski definition) is 12. The number of nitrogens with one attached hydrogen (secondary N) is 2. The molecule has 4 atom stereocenters. The van der Waals surface area contributed by atoms with Gasteiger partial charge in [-0.25, -0.2) is 14.8 Å². The van der Waals surface area contributed by atoms with E-state index >= 15 is 0 Å². The third-order valence-corrected chi connectivity index (χ3v) is 8.50. The smallest absolute Gasteiger partial charge is 0.332 e. The van der Waals surface area contributed by atoms with Gasteiger partial charge in [0.25, 0.3) is 11.5 Å². The van der Waals surface area contributed by atoms with Gasteiger partial charge in [0, 0.05) is 26.7 Å². The predicted octanol–water partition coefficient (Wildman–Crippen LogP) is -0.235. The number of carbonyl (C=O) groups excluding carboxylic acids is 2. The van der Waals surface area contributed by atoms with Crippen LogP contribution in [0.5, 0.6) is 0 Å². The third kappa shape index (κ3) is 6.03. The number of amides is 2. The number of hydrogen-bond donors (Lipinski definition) is 5. The maximum absolute atomic E-state index is 13.0. The topological polar surface area (TPSA) is 239 Å². The average molecular weight is 688 g/mol. The first-order valence-electron chi connectivity index (χ1n) is 16.0. The fourth-order valence-electron chi connectivity index (χ4n) is 5.93. The van der Waals surface area contributed by atoms with Crippen LogP contribution in [0.1, 0.15) is 44.0 Å². The van der Waals surface area contributed by atoms with E-state index in [0.717, 1.165) is 5.56 Å². The second kappa shape index (κ2) is 13.7. The van der Waals surface area contributed by atoms with E-state index in [1.54, 1.807) is 43.7 Å². The molecule has 1 fully saturated rings. The molecule has 262 valence electrons. The highest BCUT2D eigenvalue weighted by Crippen LogP contribution is 2.32. The van der Waals surface area contributed by atoms with E-state index in [1.807, 2.05) is 25.1 Å². The van der Waals surface area contributed by atoms with E-state index in [9.17, 15) is 29.4 Å². The highest BCUT2D eigenvalue weighted by Gasteiger charge is 2.47. The number of benzene rings is 1. The fourth-order valence-corrected chi connectivity index (χ4v) is 5.93. The highest BCUT2D eigenvalue weighted by atomic mass is 16.6. The molecule has 18 nitrogen and oxygen atoms in total. The van der Waals surface area contributed by atoms with Gasteiger partial charge in [-0.3, -0.25) is 33.4 Å². The Hall–Kier alpha value is -5.72. The van der Waals surface area contributed by atoms with Crippen molar-refractivity contribution in [2.45, 2.75) is 64.8 Å². The summed E-state index contributed by atoms with van der Waals surface area (Å²) in [4.78, 5) is 68.3. The molecule has 5 heterocycles. The second-order valence-electron chi connectivity index (χ2n) is 11.7. The second-order valence-corrected chi connectivity index (χ2v) is 11.7. The zero-order valence-electron chi connectivity index (χ0n) is 27.8. The summed E-state index contributed by atoms with van der Waals surface area (Å²) in [5, 5.41) is 26.3. The van der Waals surface area contributed by atoms with Crippen LogP contribution < -0.4 is 27.6 Å². The SMILES string of the molecule is CCNC(=O)[C@H]1O[C@@H](n2cnc3c(N)nc(NC(=O)Cc4ccc(/C=C/c5nc6c(c(=O)n(CC)c(=O)n6CC)n5C)cc4)nc32)[C@H](O)[C@@H]1O. The Morgan fingerprint density at radius 2 is 1.70 bits per heavy atom. The van der Waals surface area contributed by atoms with Crippen molar-refractivity contribution in [3.63, 3.8) is 0 Å². The molecular formula is C32H37N11O7. The number of aromatic nitrogens is 8. The Morgan fingerprint density at radius 1 is 0.980 bits per heavy atom. The molecule has 0 bridgehead atoms. The van der Waals surface area contributed by atoms with Crippen molar-refractivity contribution in [2.24, 2.45) is 7.05 Å². The first-order valence-corrected chi connectivity index (χ1v) is 16.0. The van der Waals surface area contributed by atoms with Crippen LogP contribution in [0, 0.1) is 0 Å². The van der Waals surface area contributed by atoms with Gasteiger partial charge in [-0.2, -0.15) is 9.97 Å². The lowest BCUT2D eigenvalue weighted by molar-refractivity contribution is -0.137. The summed E-state index contributed by atoms with van der Waals surface area (Å²) in [5.41, 5.74) is 7.79. The zero-order valence-corrected chi connectivity index (χ0v) is 27.8. The van der Waals surface area contributed by atoms with Crippen LogP contribution >= 0.6 is 0 Å². The zero-order chi connectivity index (χ0) is 35.9. The average Bonchev–Trinajstić information content (AvgIpc) is 3.74. The van der Waals surface area contributed by atoms with Crippen LogP contribution in [0.4, 0.5) is 11.8 Å². The number of nitrogen functional groups attached to an aromatic ring is 1. The monoisotopic (exact) mass is 687 g/mol. The molecule has 0 radical (unpaired) electrons. The van der Waals surface area contributed by atoms with Gasteiger partial charge in [-0.05, 0) is 38.0 Å². The van der Waals surface area contributed by atoms with Gasteiger partial charge in [0.2, 0.25) is 11.9 Å². The maximum atomic E-state index is 13.0. The van der Waals surface area contributed by atoms with Crippen LogP contribution in [-0.2, 0) is 40.9 Å². The molecule has 1 saturated heterocycles. The van der Waals surface area contributed by atoms with Crippen molar-refractivity contribution in [3.05, 3.63) is 68.4 Å². The highest BCUT2D eigenvalue weighted by molar-refractivity contribution is 5.92. The summed E-state index contributed by atoms with van der Waals surface area (Å²) in [6.07, 6.45) is -0.659. The minimum absolute atomic E-state index is 0.0154. The van der Waals surface area contributed by atoms with Gasteiger partial charge >= 0.3 is 5.69 Å². The van der Waals surface area contributed by atoms with Crippen molar-refractivity contribution in [1.29, 1.82) is 0 Å². The largest absolute Gasteiger partial charge is 0.387 e. The van der Waals surface area contributed by atoms with Gasteiger partial charge in [0.05, 0.1) is 12.7 Å². The lowest BCUT2D eigenvalue weighted by Crippen LogP contribution is -2.42. The first-order chi connectivity index (χ1) is 24.0. The number of aliphatic hydroxyl groups excluding tert-OH is 2. The van der Waals surface area contributed by atoms with Crippen LogP contribution in [-0.4, -0.2) is 85.1 Å². The van der Waals surface area contributed by atoms with Gasteiger partial charge in [0.1, 0.15) is 23.5 Å². The van der Waals surface area contributed by atoms with Crippen LogP contribution in [0.2, 0.25) is 0 Å². The fraction of sp³-hybridized carbons (Fsp3) is 0.375. The molecule has 5 aromatic rings. The number of ether oxygens (including phenoxy) is 1. The Morgan fingerprint density at radius 3 is 2.38 bits per heavy atom. The number of likely N-dealkylation sites (N-methyl/N-ethyl adjacent to an activating group) is 1. The predicted molar refractivity (Wildman–Crippen MR) is 183 cm³/mol. The summed E-state index contributed by atoms with van der Waals surface area (Å²) in [6.45, 7) is 6.22. The summed E-state index contributed by atoms with van der Waals surface area (Å²) < 4.78 is 11.3.